The quantitative estimate of drug-likeness (QED) is 0.651. The minimum absolute atomic E-state index is 0.0846. The lowest BCUT2D eigenvalue weighted by atomic mass is 9.75. The van der Waals surface area contributed by atoms with Crippen molar-refractivity contribution < 1.29 is 9.53 Å². The summed E-state index contributed by atoms with van der Waals surface area (Å²) in [5.41, 5.74) is 0.327. The summed E-state index contributed by atoms with van der Waals surface area (Å²) in [5, 5.41) is 3.25. The summed E-state index contributed by atoms with van der Waals surface area (Å²) in [6, 6.07) is -0.0846. The molecule has 1 N–H and O–H groups in total. The third-order valence-electron chi connectivity index (χ3n) is 3.12. The Balaban J connectivity index is 2.43. The van der Waals surface area contributed by atoms with Gasteiger partial charge in [0.1, 0.15) is 6.04 Å². The van der Waals surface area contributed by atoms with Crippen molar-refractivity contribution in [1.29, 1.82) is 0 Å². The first kappa shape index (κ1) is 11.5. The lowest BCUT2D eigenvalue weighted by Gasteiger charge is -2.36. The van der Waals surface area contributed by atoms with E-state index in [2.05, 4.69) is 26.1 Å². The van der Waals surface area contributed by atoms with Crippen LogP contribution < -0.4 is 5.32 Å². The Morgan fingerprint density at radius 1 is 1.36 bits per heavy atom. The fourth-order valence-electron chi connectivity index (χ4n) is 1.94. The van der Waals surface area contributed by atoms with Crippen LogP contribution in [0.5, 0.6) is 0 Å². The van der Waals surface area contributed by atoms with Gasteiger partial charge in [-0.25, -0.2) is 0 Å². The number of carbonyl (C=O) groups excluding carboxylic acids is 1. The highest BCUT2D eigenvalue weighted by molar-refractivity contribution is 5.75. The summed E-state index contributed by atoms with van der Waals surface area (Å²) < 4.78 is 4.71. The van der Waals surface area contributed by atoms with E-state index in [0.29, 0.717) is 11.3 Å². The van der Waals surface area contributed by atoms with Gasteiger partial charge in [-0.3, -0.25) is 4.79 Å². The van der Waals surface area contributed by atoms with E-state index in [-0.39, 0.29) is 12.0 Å². The summed E-state index contributed by atoms with van der Waals surface area (Å²) >= 11 is 0. The minimum atomic E-state index is -0.127. The third-order valence-corrected chi connectivity index (χ3v) is 3.12. The molecular weight excluding hydrogens is 178 g/mol. The number of carbonyl (C=O) groups is 1. The molecule has 1 aliphatic heterocycles. The number of hydrogen-bond donors (Lipinski definition) is 1. The summed E-state index contributed by atoms with van der Waals surface area (Å²) in [6.45, 7) is 7.66. The Morgan fingerprint density at radius 3 is 2.36 bits per heavy atom. The molecule has 0 aromatic heterocycles. The topological polar surface area (TPSA) is 38.3 Å². The Bertz CT molecular complexity index is 200. The van der Waals surface area contributed by atoms with E-state index in [9.17, 15) is 4.79 Å². The molecule has 82 valence electrons. The van der Waals surface area contributed by atoms with Crippen molar-refractivity contribution in [3.05, 3.63) is 0 Å². The van der Waals surface area contributed by atoms with E-state index in [1.165, 1.54) is 7.11 Å². The van der Waals surface area contributed by atoms with Gasteiger partial charge in [-0.15, -0.1) is 0 Å². The molecule has 0 aromatic rings. The van der Waals surface area contributed by atoms with Gasteiger partial charge in [0, 0.05) is 0 Å². The lowest BCUT2D eigenvalue weighted by molar-refractivity contribution is -0.144. The van der Waals surface area contributed by atoms with Crippen LogP contribution in [0.2, 0.25) is 0 Å². The van der Waals surface area contributed by atoms with Gasteiger partial charge in [-0.2, -0.15) is 0 Å². The first-order valence-electron chi connectivity index (χ1n) is 5.26. The summed E-state index contributed by atoms with van der Waals surface area (Å²) in [5.74, 6) is 0.528. The normalized spacial score (nSPS) is 28.6. The highest BCUT2D eigenvalue weighted by atomic mass is 16.5. The average molecular weight is 199 g/mol. The molecule has 0 bridgehead atoms. The van der Waals surface area contributed by atoms with Crippen molar-refractivity contribution >= 4 is 5.97 Å². The van der Waals surface area contributed by atoms with Gasteiger partial charge in [0.15, 0.2) is 0 Å². The Hall–Kier alpha value is -0.570. The van der Waals surface area contributed by atoms with E-state index in [0.717, 1.165) is 19.4 Å². The zero-order valence-electron chi connectivity index (χ0n) is 9.59. The number of nitrogens with one attached hydrogen (secondary N) is 1. The van der Waals surface area contributed by atoms with Crippen LogP contribution in [0, 0.1) is 11.3 Å². The number of hydrogen-bond acceptors (Lipinski definition) is 3. The molecule has 1 fully saturated rings. The van der Waals surface area contributed by atoms with Gasteiger partial charge < -0.3 is 10.1 Å². The van der Waals surface area contributed by atoms with Crippen LogP contribution in [-0.4, -0.2) is 25.7 Å². The number of piperidine rings is 1. The number of rotatable bonds is 1. The molecule has 0 spiro atoms. The molecule has 1 aliphatic rings. The number of ether oxygens (including phenoxy) is 1. The average Bonchev–Trinajstić information content (AvgIpc) is 2.15. The van der Waals surface area contributed by atoms with Gasteiger partial charge in [-0.1, -0.05) is 20.8 Å². The van der Waals surface area contributed by atoms with E-state index in [1.807, 2.05) is 0 Å². The summed E-state index contributed by atoms with van der Waals surface area (Å²) in [7, 11) is 1.44. The Kier molecular flexibility index (Phi) is 3.53. The van der Waals surface area contributed by atoms with Crippen LogP contribution in [0.1, 0.15) is 33.6 Å². The molecule has 0 aromatic carbocycles. The third kappa shape index (κ3) is 2.71. The molecule has 1 rings (SSSR count). The van der Waals surface area contributed by atoms with Gasteiger partial charge in [0.05, 0.1) is 7.11 Å². The highest BCUT2D eigenvalue weighted by Crippen LogP contribution is 2.31. The monoisotopic (exact) mass is 199 g/mol. The number of esters is 1. The standard InChI is InChI=1S/C11H21NO2/c1-11(2,3)8-5-6-9(12-7-8)10(13)14-4/h8-9,12H,5-7H2,1-4H3/t8-,9-/m0/s1. The second kappa shape index (κ2) is 4.30. The Morgan fingerprint density at radius 2 is 2.00 bits per heavy atom. The van der Waals surface area contributed by atoms with Gasteiger partial charge in [0.2, 0.25) is 0 Å². The minimum Gasteiger partial charge on any atom is -0.468 e. The van der Waals surface area contributed by atoms with Crippen LogP contribution in [0.15, 0.2) is 0 Å². The number of methoxy groups -OCH3 is 1. The van der Waals surface area contributed by atoms with Crippen molar-refractivity contribution in [3.8, 4) is 0 Å². The SMILES string of the molecule is COC(=O)[C@@H]1CC[C@H](C(C)(C)C)CN1. The first-order valence-corrected chi connectivity index (χ1v) is 5.26. The molecule has 2 atom stereocenters. The molecule has 14 heavy (non-hydrogen) atoms. The van der Waals surface area contributed by atoms with Crippen LogP contribution in [0.4, 0.5) is 0 Å². The lowest BCUT2D eigenvalue weighted by Crippen LogP contribution is -2.47. The van der Waals surface area contributed by atoms with Crippen LogP contribution in [-0.2, 0) is 9.53 Å². The van der Waals surface area contributed by atoms with E-state index in [1.54, 1.807) is 0 Å². The van der Waals surface area contributed by atoms with Crippen molar-refractivity contribution in [1.82, 2.24) is 5.32 Å². The smallest absolute Gasteiger partial charge is 0.322 e. The summed E-state index contributed by atoms with van der Waals surface area (Å²) in [6.07, 6.45) is 2.00. The molecule has 3 heteroatoms. The summed E-state index contributed by atoms with van der Waals surface area (Å²) in [4.78, 5) is 11.2. The van der Waals surface area contributed by atoms with Crippen LogP contribution in [0.25, 0.3) is 0 Å². The zero-order valence-corrected chi connectivity index (χ0v) is 9.59. The van der Waals surface area contributed by atoms with E-state index in [4.69, 9.17) is 4.74 Å². The van der Waals surface area contributed by atoms with Crippen molar-refractivity contribution in [2.75, 3.05) is 13.7 Å². The maximum atomic E-state index is 11.2. The molecule has 0 amide bonds. The molecule has 0 saturated carbocycles. The largest absolute Gasteiger partial charge is 0.468 e. The zero-order chi connectivity index (χ0) is 10.8. The van der Waals surface area contributed by atoms with Crippen molar-refractivity contribution in [3.63, 3.8) is 0 Å². The molecule has 0 aliphatic carbocycles. The van der Waals surface area contributed by atoms with Gasteiger partial charge >= 0.3 is 5.97 Å². The van der Waals surface area contributed by atoms with Crippen LogP contribution in [0.3, 0.4) is 0 Å². The predicted molar refractivity (Wildman–Crippen MR) is 56.0 cm³/mol. The fourth-order valence-corrected chi connectivity index (χ4v) is 1.94. The highest BCUT2D eigenvalue weighted by Gasteiger charge is 2.32. The molecule has 0 radical (unpaired) electrons. The van der Waals surface area contributed by atoms with Gasteiger partial charge in [0.25, 0.3) is 0 Å². The van der Waals surface area contributed by atoms with Crippen molar-refractivity contribution in [2.45, 2.75) is 39.7 Å². The predicted octanol–water partition coefficient (Wildman–Crippen LogP) is 1.57. The second-order valence-electron chi connectivity index (χ2n) is 5.12. The molecular formula is C11H21NO2. The van der Waals surface area contributed by atoms with Gasteiger partial charge in [-0.05, 0) is 30.7 Å². The van der Waals surface area contributed by atoms with E-state index >= 15 is 0 Å². The molecule has 1 saturated heterocycles. The van der Waals surface area contributed by atoms with Crippen molar-refractivity contribution in [2.24, 2.45) is 11.3 Å². The molecule has 3 nitrogen and oxygen atoms in total. The molecule has 0 unspecified atom stereocenters. The molecule has 1 heterocycles. The van der Waals surface area contributed by atoms with E-state index < -0.39 is 0 Å². The second-order valence-corrected chi connectivity index (χ2v) is 5.12. The first-order chi connectivity index (χ1) is 6.45. The Labute approximate surface area is 86.2 Å². The maximum Gasteiger partial charge on any atom is 0.322 e. The maximum absolute atomic E-state index is 11.2. The fraction of sp³-hybridized carbons (Fsp3) is 0.909. The van der Waals surface area contributed by atoms with Crippen LogP contribution >= 0.6 is 0 Å².